The number of hydrogen-bond donors (Lipinski definition) is 1. The van der Waals surface area contributed by atoms with Gasteiger partial charge in [-0.3, -0.25) is 4.79 Å². The van der Waals surface area contributed by atoms with Crippen LogP contribution in [0.5, 0.6) is 5.75 Å². The Morgan fingerprint density at radius 3 is 1.97 bits per heavy atom. The first kappa shape index (κ1) is 26.5. The van der Waals surface area contributed by atoms with Gasteiger partial charge in [-0.05, 0) is 41.9 Å². The van der Waals surface area contributed by atoms with Gasteiger partial charge in [-0.1, -0.05) is 104 Å². The number of benzene rings is 1. The lowest BCUT2D eigenvalue weighted by Gasteiger charge is -2.22. The molecule has 1 aromatic carbocycles. The first-order valence-corrected chi connectivity index (χ1v) is 12.2. The van der Waals surface area contributed by atoms with Gasteiger partial charge < -0.3 is 9.84 Å². The summed E-state index contributed by atoms with van der Waals surface area (Å²) in [5.74, 6) is 0.246. The average Bonchev–Trinajstić information content (AvgIpc) is 2.68. The molecule has 0 bridgehead atoms. The number of phenolic OH excluding ortho intramolecular Hbond substituents is 1. The summed E-state index contributed by atoms with van der Waals surface area (Å²) < 4.78 is 5.41. The third-order valence-electron chi connectivity index (χ3n) is 5.80. The highest BCUT2D eigenvalue weighted by Gasteiger charge is 2.20. The molecule has 0 spiro atoms. The molecule has 0 aliphatic heterocycles. The van der Waals surface area contributed by atoms with Crippen molar-refractivity contribution in [1.29, 1.82) is 0 Å². The van der Waals surface area contributed by atoms with E-state index < -0.39 is 0 Å². The number of unbranched alkanes of at least 4 members (excludes halogenated alkanes) is 10. The zero-order valence-electron chi connectivity index (χ0n) is 20.3. The fraction of sp³-hybridized carbons (Fsp3) is 0.741. The van der Waals surface area contributed by atoms with Crippen molar-refractivity contribution in [2.45, 2.75) is 124 Å². The van der Waals surface area contributed by atoms with Crippen LogP contribution in [0.3, 0.4) is 0 Å². The summed E-state index contributed by atoms with van der Waals surface area (Å²) >= 11 is 0. The predicted octanol–water partition coefficient (Wildman–Crippen LogP) is 7.78. The van der Waals surface area contributed by atoms with Gasteiger partial charge in [0.15, 0.2) is 0 Å². The van der Waals surface area contributed by atoms with Crippen molar-refractivity contribution >= 4 is 5.97 Å². The van der Waals surface area contributed by atoms with Crippen LogP contribution in [0.25, 0.3) is 0 Å². The van der Waals surface area contributed by atoms with Crippen LogP contribution in [-0.4, -0.2) is 17.7 Å². The molecule has 0 amide bonds. The van der Waals surface area contributed by atoms with Gasteiger partial charge in [0.25, 0.3) is 0 Å². The minimum atomic E-state index is -0.125. The summed E-state index contributed by atoms with van der Waals surface area (Å²) in [5, 5.41) is 10.3. The second-order valence-corrected chi connectivity index (χ2v) is 9.81. The summed E-state index contributed by atoms with van der Waals surface area (Å²) in [6, 6.07) is 4.00. The van der Waals surface area contributed by atoms with Gasteiger partial charge >= 0.3 is 5.97 Å². The molecule has 3 nitrogen and oxygen atoms in total. The number of ether oxygens (including phenoxy) is 1. The SMILES string of the molecule is CCCCCCCCCCCCCOC(=O)CCc1cc(C)c(O)c(C(C)(C)C)c1. The molecule has 0 radical (unpaired) electrons. The zero-order chi connectivity index (χ0) is 22.4. The quantitative estimate of drug-likeness (QED) is 0.233. The topological polar surface area (TPSA) is 46.5 Å². The molecular formula is C27H46O3. The van der Waals surface area contributed by atoms with Crippen molar-refractivity contribution in [2.75, 3.05) is 6.61 Å². The molecule has 0 aliphatic rings. The third-order valence-corrected chi connectivity index (χ3v) is 5.80. The lowest BCUT2D eigenvalue weighted by atomic mass is 9.83. The van der Waals surface area contributed by atoms with E-state index in [-0.39, 0.29) is 11.4 Å². The number of carbonyl (C=O) groups excluding carboxylic acids is 1. The summed E-state index contributed by atoms with van der Waals surface area (Å²) in [7, 11) is 0. The van der Waals surface area contributed by atoms with Crippen LogP contribution in [0.15, 0.2) is 12.1 Å². The number of phenols is 1. The molecule has 1 rings (SSSR count). The lowest BCUT2D eigenvalue weighted by molar-refractivity contribution is -0.143. The van der Waals surface area contributed by atoms with Crippen LogP contribution in [0.1, 0.15) is 121 Å². The fourth-order valence-corrected chi connectivity index (χ4v) is 3.84. The van der Waals surface area contributed by atoms with Gasteiger partial charge in [-0.2, -0.15) is 0 Å². The Kier molecular flexibility index (Phi) is 12.8. The van der Waals surface area contributed by atoms with E-state index in [1.165, 1.54) is 57.8 Å². The Hall–Kier alpha value is -1.51. The largest absolute Gasteiger partial charge is 0.507 e. The molecule has 172 valence electrons. The summed E-state index contributed by atoms with van der Waals surface area (Å²) in [6.45, 7) is 11.0. The molecule has 0 unspecified atom stereocenters. The smallest absolute Gasteiger partial charge is 0.306 e. The minimum Gasteiger partial charge on any atom is -0.507 e. The van der Waals surface area contributed by atoms with Crippen molar-refractivity contribution < 1.29 is 14.6 Å². The number of carbonyl (C=O) groups is 1. The zero-order valence-corrected chi connectivity index (χ0v) is 20.3. The molecule has 0 fully saturated rings. The molecule has 0 saturated carbocycles. The van der Waals surface area contributed by atoms with Crippen molar-refractivity contribution in [2.24, 2.45) is 0 Å². The molecule has 0 saturated heterocycles. The number of aromatic hydroxyl groups is 1. The van der Waals surface area contributed by atoms with E-state index in [1.807, 2.05) is 19.1 Å². The van der Waals surface area contributed by atoms with Crippen LogP contribution in [-0.2, 0) is 21.4 Å². The van der Waals surface area contributed by atoms with E-state index in [0.29, 0.717) is 25.2 Å². The van der Waals surface area contributed by atoms with Crippen LogP contribution < -0.4 is 0 Å². The molecule has 1 N–H and O–H groups in total. The van der Waals surface area contributed by atoms with Gasteiger partial charge in [0, 0.05) is 6.42 Å². The Balaban J connectivity index is 2.14. The minimum absolute atomic E-state index is 0.120. The second kappa shape index (κ2) is 14.5. The van der Waals surface area contributed by atoms with E-state index in [4.69, 9.17) is 4.74 Å². The Labute approximate surface area is 185 Å². The molecule has 0 aliphatic carbocycles. The lowest BCUT2D eigenvalue weighted by Crippen LogP contribution is -2.13. The standard InChI is InChI=1S/C27H46O3/c1-6-7-8-9-10-11-12-13-14-15-16-19-30-25(28)18-17-23-20-22(2)26(29)24(21-23)27(3,4)5/h20-21,29H,6-19H2,1-5H3. The molecule has 0 atom stereocenters. The van der Waals surface area contributed by atoms with E-state index in [1.54, 1.807) is 0 Å². The first-order valence-electron chi connectivity index (χ1n) is 12.2. The Bertz CT molecular complexity index is 613. The van der Waals surface area contributed by atoms with Gasteiger partial charge in [0.1, 0.15) is 5.75 Å². The van der Waals surface area contributed by atoms with Gasteiger partial charge in [0.05, 0.1) is 6.61 Å². The molecule has 0 heterocycles. The third kappa shape index (κ3) is 11.0. The Morgan fingerprint density at radius 1 is 0.900 bits per heavy atom. The predicted molar refractivity (Wildman–Crippen MR) is 127 cm³/mol. The normalized spacial score (nSPS) is 11.6. The molecule has 0 aromatic heterocycles. The summed E-state index contributed by atoms with van der Waals surface area (Å²) in [4.78, 5) is 12.1. The van der Waals surface area contributed by atoms with Gasteiger partial charge in [0.2, 0.25) is 0 Å². The average molecular weight is 419 g/mol. The maximum absolute atomic E-state index is 12.1. The highest BCUT2D eigenvalue weighted by Crippen LogP contribution is 2.34. The summed E-state index contributed by atoms with van der Waals surface area (Å²) in [6.07, 6.45) is 15.3. The van der Waals surface area contributed by atoms with E-state index >= 15 is 0 Å². The van der Waals surface area contributed by atoms with Crippen LogP contribution in [0.4, 0.5) is 0 Å². The summed E-state index contributed by atoms with van der Waals surface area (Å²) in [5.41, 5.74) is 2.76. The van der Waals surface area contributed by atoms with E-state index in [9.17, 15) is 9.90 Å². The van der Waals surface area contributed by atoms with Crippen molar-refractivity contribution in [1.82, 2.24) is 0 Å². The molecule has 1 aromatic rings. The first-order chi connectivity index (χ1) is 14.3. The van der Waals surface area contributed by atoms with Gasteiger partial charge in [-0.25, -0.2) is 0 Å². The van der Waals surface area contributed by atoms with Crippen LogP contribution in [0, 0.1) is 6.92 Å². The highest BCUT2D eigenvalue weighted by atomic mass is 16.5. The number of aryl methyl sites for hydroxylation is 2. The van der Waals surface area contributed by atoms with Crippen molar-refractivity contribution in [3.8, 4) is 5.75 Å². The molecule has 3 heteroatoms. The van der Waals surface area contributed by atoms with E-state index in [2.05, 4.69) is 27.7 Å². The van der Waals surface area contributed by atoms with Crippen LogP contribution in [0.2, 0.25) is 0 Å². The second-order valence-electron chi connectivity index (χ2n) is 9.81. The van der Waals surface area contributed by atoms with Crippen molar-refractivity contribution in [3.05, 3.63) is 28.8 Å². The van der Waals surface area contributed by atoms with E-state index in [0.717, 1.165) is 29.5 Å². The Morgan fingerprint density at radius 2 is 1.43 bits per heavy atom. The monoisotopic (exact) mass is 418 g/mol. The van der Waals surface area contributed by atoms with Gasteiger partial charge in [-0.15, -0.1) is 0 Å². The maximum Gasteiger partial charge on any atom is 0.306 e. The molecule has 30 heavy (non-hydrogen) atoms. The number of hydrogen-bond acceptors (Lipinski definition) is 3. The fourth-order valence-electron chi connectivity index (χ4n) is 3.84. The number of esters is 1. The highest BCUT2D eigenvalue weighted by molar-refractivity contribution is 5.69. The maximum atomic E-state index is 12.1. The number of rotatable bonds is 15. The molecular weight excluding hydrogens is 372 g/mol. The van der Waals surface area contributed by atoms with Crippen molar-refractivity contribution in [3.63, 3.8) is 0 Å². The van der Waals surface area contributed by atoms with Crippen LogP contribution >= 0.6 is 0 Å².